The van der Waals surface area contributed by atoms with Gasteiger partial charge in [-0.1, -0.05) is 31.9 Å². The molecule has 1 aromatic rings. The number of allylic oxidation sites excluding steroid dienone is 1. The summed E-state index contributed by atoms with van der Waals surface area (Å²) in [6.07, 6.45) is 6.50. The summed E-state index contributed by atoms with van der Waals surface area (Å²) in [5, 5.41) is 14.3. The summed E-state index contributed by atoms with van der Waals surface area (Å²) in [5.41, 5.74) is -0.429. The minimum atomic E-state index is -1.60. The molecule has 41 heavy (non-hydrogen) atoms. The van der Waals surface area contributed by atoms with Crippen LogP contribution in [0.2, 0.25) is 0 Å². The fraction of sp³-hybridized carbons (Fsp3) is 0.536. The number of nitrogens with zero attached hydrogens (tertiary/aromatic N) is 1. The van der Waals surface area contributed by atoms with Crippen molar-refractivity contribution >= 4 is 35.6 Å². The minimum Gasteiger partial charge on any atom is -0.482 e. The lowest BCUT2D eigenvalue weighted by Gasteiger charge is -2.32. The molecule has 2 fully saturated rings. The van der Waals surface area contributed by atoms with E-state index in [4.69, 9.17) is 4.74 Å². The number of halogens is 3. The van der Waals surface area contributed by atoms with Gasteiger partial charge in [0.15, 0.2) is 17.3 Å². The molecular weight excluding hydrogens is 547 g/mol. The average Bonchev–Trinajstić information content (AvgIpc) is 3.45. The second-order valence-corrected chi connectivity index (χ2v) is 10.2. The SMILES string of the molecule is CCC=Cc1c(F)cc(F)c(F)c1OCC(=O)[C@H](CC(=O)O)NC(=O)[C@@H]1CCCN(C(=O)C(=O)NC2CCCC2)C1. The van der Waals surface area contributed by atoms with Crippen LogP contribution in [0.15, 0.2) is 12.1 Å². The molecule has 1 aromatic carbocycles. The third-order valence-electron chi connectivity index (χ3n) is 7.09. The fourth-order valence-corrected chi connectivity index (χ4v) is 4.91. The van der Waals surface area contributed by atoms with Crippen molar-refractivity contribution in [2.24, 2.45) is 5.92 Å². The van der Waals surface area contributed by atoms with Crippen molar-refractivity contribution < 1.29 is 47.0 Å². The molecule has 0 unspecified atom stereocenters. The number of carbonyl (C=O) groups is 5. The molecule has 1 saturated heterocycles. The smallest absolute Gasteiger partial charge is 0.311 e. The van der Waals surface area contributed by atoms with E-state index in [1.807, 2.05) is 0 Å². The van der Waals surface area contributed by atoms with Crippen molar-refractivity contribution in [2.75, 3.05) is 19.7 Å². The van der Waals surface area contributed by atoms with Crippen LogP contribution in [0.3, 0.4) is 0 Å². The Kier molecular flexibility index (Phi) is 11.3. The number of aliphatic carboxylic acids is 1. The number of Topliss-reactive ketones (excluding diaryl/α,β-unsaturated/α-hetero) is 1. The maximum atomic E-state index is 14.4. The van der Waals surface area contributed by atoms with E-state index >= 15 is 0 Å². The lowest BCUT2D eigenvalue weighted by molar-refractivity contribution is -0.148. The van der Waals surface area contributed by atoms with E-state index in [9.17, 15) is 42.3 Å². The second-order valence-electron chi connectivity index (χ2n) is 10.2. The molecular formula is C28H34F3N3O7. The quantitative estimate of drug-likeness (QED) is 0.270. The van der Waals surface area contributed by atoms with E-state index in [1.54, 1.807) is 6.92 Å². The van der Waals surface area contributed by atoms with Crippen LogP contribution in [0, 0.1) is 23.4 Å². The first-order valence-corrected chi connectivity index (χ1v) is 13.6. The van der Waals surface area contributed by atoms with Crippen molar-refractivity contribution in [3.05, 3.63) is 35.2 Å². The van der Waals surface area contributed by atoms with Crippen molar-refractivity contribution in [2.45, 2.75) is 70.4 Å². The van der Waals surface area contributed by atoms with E-state index in [1.165, 1.54) is 11.0 Å². The maximum Gasteiger partial charge on any atom is 0.311 e. The molecule has 2 atom stereocenters. The Balaban J connectivity index is 1.65. The van der Waals surface area contributed by atoms with Crippen LogP contribution in [-0.4, -0.2) is 71.3 Å². The van der Waals surface area contributed by atoms with Gasteiger partial charge in [0, 0.05) is 25.2 Å². The summed E-state index contributed by atoms with van der Waals surface area (Å²) < 4.78 is 47.6. The molecule has 3 amide bonds. The Bertz CT molecular complexity index is 1200. The highest BCUT2D eigenvalue weighted by Gasteiger charge is 2.34. The van der Waals surface area contributed by atoms with Crippen LogP contribution in [0.4, 0.5) is 13.2 Å². The number of likely N-dealkylation sites (tertiary alicyclic amines) is 1. The van der Waals surface area contributed by atoms with Crippen molar-refractivity contribution in [3.63, 3.8) is 0 Å². The van der Waals surface area contributed by atoms with Crippen LogP contribution >= 0.6 is 0 Å². The van der Waals surface area contributed by atoms with E-state index in [0.717, 1.165) is 31.8 Å². The maximum absolute atomic E-state index is 14.4. The van der Waals surface area contributed by atoms with Gasteiger partial charge in [0.1, 0.15) is 18.5 Å². The van der Waals surface area contributed by atoms with E-state index in [0.29, 0.717) is 25.3 Å². The fourth-order valence-electron chi connectivity index (χ4n) is 4.91. The molecule has 0 aromatic heterocycles. The number of carboxylic acids is 1. The van der Waals surface area contributed by atoms with E-state index < -0.39 is 83.2 Å². The summed E-state index contributed by atoms with van der Waals surface area (Å²) in [6.45, 7) is 0.899. The van der Waals surface area contributed by atoms with Gasteiger partial charge in [0.25, 0.3) is 0 Å². The van der Waals surface area contributed by atoms with Crippen molar-refractivity contribution in [1.29, 1.82) is 0 Å². The van der Waals surface area contributed by atoms with Gasteiger partial charge in [-0.15, -0.1) is 0 Å². The largest absolute Gasteiger partial charge is 0.482 e. The molecule has 13 heteroatoms. The molecule has 1 aliphatic carbocycles. The zero-order valence-corrected chi connectivity index (χ0v) is 22.7. The Morgan fingerprint density at radius 3 is 2.46 bits per heavy atom. The Labute approximate surface area is 235 Å². The van der Waals surface area contributed by atoms with Gasteiger partial charge in [0.2, 0.25) is 11.7 Å². The summed E-state index contributed by atoms with van der Waals surface area (Å²) in [7, 11) is 0. The van der Waals surface area contributed by atoms with Crippen LogP contribution in [-0.2, 0) is 24.0 Å². The summed E-state index contributed by atoms with van der Waals surface area (Å²) in [4.78, 5) is 63.6. The normalized spacial score (nSPS) is 18.2. The topological polar surface area (TPSA) is 142 Å². The molecule has 224 valence electrons. The third-order valence-corrected chi connectivity index (χ3v) is 7.09. The van der Waals surface area contributed by atoms with Gasteiger partial charge in [-0.2, -0.15) is 4.39 Å². The Morgan fingerprint density at radius 2 is 1.80 bits per heavy atom. The lowest BCUT2D eigenvalue weighted by Crippen LogP contribution is -2.53. The number of carboxylic acid groups (broad SMARTS) is 1. The zero-order valence-electron chi connectivity index (χ0n) is 22.7. The standard InChI is InChI=1S/C28H34F3N3O7/c1-2-3-10-18-19(29)12-20(30)24(31)25(18)41-15-22(35)21(13-23(36)37)33-26(38)16-7-6-11-34(14-16)28(40)27(39)32-17-8-4-5-9-17/h3,10,12,16-17,21H,2,4-9,11,13-15H2,1H3,(H,32,39)(H,33,38)(H,36,37)/t16-,21+/m1/s1. The number of ether oxygens (including phenoxy) is 1. The number of piperidine rings is 1. The first kappa shape index (κ1) is 31.6. The molecule has 0 spiro atoms. The Hall–Kier alpha value is -3.90. The molecule has 1 aliphatic heterocycles. The number of carbonyl (C=O) groups excluding carboxylic acids is 4. The van der Waals surface area contributed by atoms with Crippen LogP contribution in [0.25, 0.3) is 6.08 Å². The number of ketones is 1. The van der Waals surface area contributed by atoms with Gasteiger partial charge >= 0.3 is 17.8 Å². The first-order valence-electron chi connectivity index (χ1n) is 13.6. The molecule has 10 nitrogen and oxygen atoms in total. The van der Waals surface area contributed by atoms with Gasteiger partial charge in [-0.05, 0) is 32.1 Å². The number of nitrogens with one attached hydrogen (secondary N) is 2. The highest BCUT2D eigenvalue weighted by Crippen LogP contribution is 2.29. The lowest BCUT2D eigenvalue weighted by atomic mass is 9.96. The van der Waals surface area contributed by atoms with Crippen molar-refractivity contribution in [3.8, 4) is 5.75 Å². The molecule has 1 heterocycles. The predicted octanol–water partition coefficient (Wildman–Crippen LogP) is 2.73. The zero-order chi connectivity index (χ0) is 30.1. The summed E-state index contributed by atoms with van der Waals surface area (Å²) in [6, 6.07) is -1.33. The number of amides is 3. The second kappa shape index (κ2) is 14.6. The molecule has 3 N–H and O–H groups in total. The van der Waals surface area contributed by atoms with Gasteiger partial charge < -0.3 is 25.4 Å². The Morgan fingerprint density at radius 1 is 1.10 bits per heavy atom. The molecule has 0 bridgehead atoms. The van der Waals surface area contributed by atoms with E-state index in [-0.39, 0.29) is 19.1 Å². The highest BCUT2D eigenvalue weighted by atomic mass is 19.2. The molecule has 3 rings (SSSR count). The van der Waals surface area contributed by atoms with Crippen LogP contribution in [0.1, 0.15) is 63.9 Å². The van der Waals surface area contributed by atoms with Crippen molar-refractivity contribution in [1.82, 2.24) is 15.5 Å². The van der Waals surface area contributed by atoms with Crippen LogP contribution < -0.4 is 15.4 Å². The number of rotatable bonds is 11. The number of benzene rings is 1. The number of hydrogen-bond acceptors (Lipinski definition) is 6. The van der Waals surface area contributed by atoms with Crippen LogP contribution in [0.5, 0.6) is 5.75 Å². The first-order chi connectivity index (χ1) is 19.5. The predicted molar refractivity (Wildman–Crippen MR) is 140 cm³/mol. The van der Waals surface area contributed by atoms with Gasteiger partial charge in [0.05, 0.1) is 17.9 Å². The minimum absolute atomic E-state index is 0.0589. The summed E-state index contributed by atoms with van der Waals surface area (Å²) >= 11 is 0. The molecule has 0 radical (unpaired) electrons. The third kappa shape index (κ3) is 8.54. The monoisotopic (exact) mass is 581 g/mol. The molecule has 2 aliphatic rings. The number of hydrogen-bond donors (Lipinski definition) is 3. The van der Waals surface area contributed by atoms with Gasteiger partial charge in [-0.3, -0.25) is 24.0 Å². The van der Waals surface area contributed by atoms with Gasteiger partial charge in [-0.25, -0.2) is 8.78 Å². The molecule has 1 saturated carbocycles. The highest BCUT2D eigenvalue weighted by molar-refractivity contribution is 6.35. The average molecular weight is 582 g/mol. The van der Waals surface area contributed by atoms with E-state index in [2.05, 4.69) is 10.6 Å². The summed E-state index contributed by atoms with van der Waals surface area (Å²) in [5.74, 6) is -10.5.